The molecule has 0 aromatic rings. The van der Waals surface area contributed by atoms with Crippen LogP contribution in [0.1, 0.15) is 13.8 Å². The van der Waals surface area contributed by atoms with E-state index in [0.29, 0.717) is 5.88 Å². The molecule has 0 heterocycles. The van der Waals surface area contributed by atoms with Gasteiger partial charge in [0.15, 0.2) is 6.10 Å². The SMILES string of the molecule is CC(CCl)OC(C)C(=O)O. The highest BCUT2D eigenvalue weighted by Crippen LogP contribution is 1.99. The lowest BCUT2D eigenvalue weighted by molar-refractivity contribution is -0.151. The topological polar surface area (TPSA) is 46.5 Å². The summed E-state index contributed by atoms with van der Waals surface area (Å²) in [6.45, 7) is 3.21. The molecule has 1 N–H and O–H groups in total. The summed E-state index contributed by atoms with van der Waals surface area (Å²) in [6.07, 6.45) is -0.971. The van der Waals surface area contributed by atoms with E-state index in [2.05, 4.69) is 0 Å². The Balaban J connectivity index is 3.56. The van der Waals surface area contributed by atoms with Gasteiger partial charge in [-0.2, -0.15) is 0 Å². The molecule has 2 unspecified atom stereocenters. The fourth-order valence-corrected chi connectivity index (χ4v) is 0.516. The number of hydrogen-bond acceptors (Lipinski definition) is 2. The predicted octanol–water partition coefficient (Wildman–Crippen LogP) is 1.10. The van der Waals surface area contributed by atoms with E-state index in [4.69, 9.17) is 21.4 Å². The number of halogens is 1. The lowest BCUT2D eigenvalue weighted by atomic mass is 10.4. The summed E-state index contributed by atoms with van der Waals surface area (Å²) in [6, 6.07) is 0. The second kappa shape index (κ2) is 4.52. The minimum Gasteiger partial charge on any atom is -0.479 e. The number of hydrogen-bond donors (Lipinski definition) is 1. The van der Waals surface area contributed by atoms with Crippen molar-refractivity contribution in [2.24, 2.45) is 0 Å². The summed E-state index contributed by atoms with van der Waals surface area (Å²) >= 11 is 5.38. The zero-order chi connectivity index (χ0) is 8.15. The third-order valence-corrected chi connectivity index (χ3v) is 1.44. The molecule has 0 aliphatic carbocycles. The molecule has 0 saturated carbocycles. The first-order chi connectivity index (χ1) is 4.57. The maximum atomic E-state index is 10.2. The molecule has 0 fully saturated rings. The molecule has 0 aliphatic heterocycles. The minimum absolute atomic E-state index is 0.201. The van der Waals surface area contributed by atoms with Crippen LogP contribution < -0.4 is 0 Å². The predicted molar refractivity (Wildman–Crippen MR) is 38.4 cm³/mol. The number of carboxylic acids is 1. The van der Waals surface area contributed by atoms with Crippen LogP contribution in [0, 0.1) is 0 Å². The first-order valence-corrected chi connectivity index (χ1v) is 3.55. The first-order valence-electron chi connectivity index (χ1n) is 3.02. The maximum Gasteiger partial charge on any atom is 0.332 e. The Morgan fingerprint density at radius 3 is 2.50 bits per heavy atom. The molecule has 0 radical (unpaired) electrons. The largest absolute Gasteiger partial charge is 0.479 e. The molecule has 0 saturated heterocycles. The normalized spacial score (nSPS) is 16.3. The Bertz CT molecular complexity index is 116. The number of aliphatic carboxylic acids is 1. The lowest BCUT2D eigenvalue weighted by Gasteiger charge is -2.12. The molecule has 0 rings (SSSR count). The molecule has 3 nitrogen and oxygen atoms in total. The number of carbonyl (C=O) groups is 1. The van der Waals surface area contributed by atoms with Gasteiger partial charge < -0.3 is 9.84 Å². The van der Waals surface area contributed by atoms with Crippen LogP contribution in [-0.4, -0.2) is 29.2 Å². The van der Waals surface area contributed by atoms with Crippen molar-refractivity contribution in [3.05, 3.63) is 0 Å². The fourth-order valence-electron chi connectivity index (χ4n) is 0.443. The van der Waals surface area contributed by atoms with Gasteiger partial charge in [0.1, 0.15) is 0 Å². The van der Waals surface area contributed by atoms with E-state index in [9.17, 15) is 4.79 Å². The van der Waals surface area contributed by atoms with Gasteiger partial charge in [0, 0.05) is 5.88 Å². The molecule has 0 bridgehead atoms. The van der Waals surface area contributed by atoms with E-state index in [1.54, 1.807) is 6.92 Å². The number of ether oxygens (including phenoxy) is 1. The van der Waals surface area contributed by atoms with E-state index in [-0.39, 0.29) is 6.10 Å². The van der Waals surface area contributed by atoms with E-state index in [1.807, 2.05) is 0 Å². The van der Waals surface area contributed by atoms with E-state index < -0.39 is 12.1 Å². The summed E-state index contributed by atoms with van der Waals surface area (Å²) in [7, 11) is 0. The molecule has 0 amide bonds. The third-order valence-electron chi connectivity index (χ3n) is 1.00. The van der Waals surface area contributed by atoms with Gasteiger partial charge in [0.25, 0.3) is 0 Å². The van der Waals surface area contributed by atoms with Crippen molar-refractivity contribution in [2.75, 3.05) is 5.88 Å². The van der Waals surface area contributed by atoms with Gasteiger partial charge in [0.05, 0.1) is 6.10 Å². The summed E-state index contributed by atoms with van der Waals surface area (Å²) in [4.78, 5) is 10.2. The molecule has 0 aromatic carbocycles. The van der Waals surface area contributed by atoms with Crippen LogP contribution in [0.5, 0.6) is 0 Å². The average Bonchev–Trinajstić information content (AvgIpc) is 1.87. The van der Waals surface area contributed by atoms with Gasteiger partial charge in [-0.1, -0.05) is 0 Å². The highest BCUT2D eigenvalue weighted by molar-refractivity contribution is 6.18. The Morgan fingerprint density at radius 2 is 2.20 bits per heavy atom. The number of carboxylic acid groups (broad SMARTS) is 1. The summed E-state index contributed by atoms with van der Waals surface area (Å²) in [5.41, 5.74) is 0. The zero-order valence-corrected chi connectivity index (χ0v) is 6.76. The monoisotopic (exact) mass is 166 g/mol. The summed E-state index contributed by atoms with van der Waals surface area (Å²) < 4.78 is 4.93. The van der Waals surface area contributed by atoms with Crippen LogP contribution in [0.4, 0.5) is 0 Å². The fraction of sp³-hybridized carbons (Fsp3) is 0.833. The van der Waals surface area contributed by atoms with Crippen LogP contribution in [-0.2, 0) is 9.53 Å². The quantitative estimate of drug-likeness (QED) is 0.637. The Kier molecular flexibility index (Phi) is 4.40. The first kappa shape index (κ1) is 9.72. The van der Waals surface area contributed by atoms with Gasteiger partial charge in [0.2, 0.25) is 0 Å². The van der Waals surface area contributed by atoms with E-state index in [0.717, 1.165) is 0 Å². The van der Waals surface area contributed by atoms with Gasteiger partial charge in [-0.15, -0.1) is 11.6 Å². The summed E-state index contributed by atoms with van der Waals surface area (Å²) in [5.74, 6) is -0.644. The van der Waals surface area contributed by atoms with Gasteiger partial charge in [-0.3, -0.25) is 0 Å². The van der Waals surface area contributed by atoms with Crippen molar-refractivity contribution in [1.82, 2.24) is 0 Å². The molecule has 4 heteroatoms. The number of alkyl halides is 1. The van der Waals surface area contributed by atoms with Crippen LogP contribution in [0.15, 0.2) is 0 Å². The Hall–Kier alpha value is -0.280. The van der Waals surface area contributed by atoms with E-state index in [1.165, 1.54) is 6.92 Å². The Labute approximate surface area is 64.9 Å². The highest BCUT2D eigenvalue weighted by atomic mass is 35.5. The van der Waals surface area contributed by atoms with Gasteiger partial charge >= 0.3 is 5.97 Å². The van der Waals surface area contributed by atoms with Crippen molar-refractivity contribution in [2.45, 2.75) is 26.1 Å². The molecular weight excluding hydrogens is 156 g/mol. The standard InChI is InChI=1S/C6H11ClO3/c1-4(3-7)10-5(2)6(8)9/h4-5H,3H2,1-2H3,(H,8,9). The molecule has 0 spiro atoms. The third kappa shape index (κ3) is 3.69. The minimum atomic E-state index is -0.961. The van der Waals surface area contributed by atoms with E-state index >= 15 is 0 Å². The molecule has 60 valence electrons. The molecule has 0 aromatic heterocycles. The highest BCUT2D eigenvalue weighted by Gasteiger charge is 2.13. The summed E-state index contributed by atoms with van der Waals surface area (Å²) in [5, 5.41) is 8.36. The van der Waals surface area contributed by atoms with Crippen molar-refractivity contribution in [3.63, 3.8) is 0 Å². The molecular formula is C6H11ClO3. The van der Waals surface area contributed by atoms with Crippen LogP contribution in [0.25, 0.3) is 0 Å². The second-order valence-corrected chi connectivity index (χ2v) is 2.39. The van der Waals surface area contributed by atoms with Gasteiger partial charge in [-0.05, 0) is 13.8 Å². The van der Waals surface area contributed by atoms with Crippen molar-refractivity contribution in [3.8, 4) is 0 Å². The maximum absolute atomic E-state index is 10.2. The zero-order valence-electron chi connectivity index (χ0n) is 6.00. The number of rotatable bonds is 4. The lowest BCUT2D eigenvalue weighted by Crippen LogP contribution is -2.25. The van der Waals surface area contributed by atoms with Crippen LogP contribution >= 0.6 is 11.6 Å². The molecule has 0 aliphatic rings. The second-order valence-electron chi connectivity index (χ2n) is 2.08. The van der Waals surface area contributed by atoms with Crippen LogP contribution in [0.2, 0.25) is 0 Å². The van der Waals surface area contributed by atoms with Crippen molar-refractivity contribution < 1.29 is 14.6 Å². The Morgan fingerprint density at radius 1 is 1.70 bits per heavy atom. The van der Waals surface area contributed by atoms with Gasteiger partial charge in [-0.25, -0.2) is 4.79 Å². The van der Waals surface area contributed by atoms with Crippen molar-refractivity contribution >= 4 is 17.6 Å². The molecule has 10 heavy (non-hydrogen) atoms. The van der Waals surface area contributed by atoms with Crippen LogP contribution in [0.3, 0.4) is 0 Å². The molecule has 2 atom stereocenters. The van der Waals surface area contributed by atoms with Crippen molar-refractivity contribution in [1.29, 1.82) is 0 Å². The smallest absolute Gasteiger partial charge is 0.332 e. The average molecular weight is 167 g/mol.